The topological polar surface area (TPSA) is 103 Å². The van der Waals surface area contributed by atoms with Crippen molar-refractivity contribution in [3.63, 3.8) is 0 Å². The van der Waals surface area contributed by atoms with Crippen molar-refractivity contribution in [3.05, 3.63) is 75.7 Å². The number of likely N-dealkylation sites (tertiary alicyclic amines) is 1. The highest BCUT2D eigenvalue weighted by molar-refractivity contribution is 5.95. The number of aromatic nitrogens is 2. The Morgan fingerprint density at radius 3 is 2.54 bits per heavy atom. The summed E-state index contributed by atoms with van der Waals surface area (Å²) in [6.07, 6.45) is 2.65. The molecule has 0 saturated carbocycles. The van der Waals surface area contributed by atoms with Crippen LogP contribution in [0.15, 0.2) is 53.5 Å². The maximum absolute atomic E-state index is 13.2. The van der Waals surface area contributed by atoms with Gasteiger partial charge in [0.05, 0.1) is 18.7 Å². The molecule has 1 fully saturated rings. The van der Waals surface area contributed by atoms with E-state index in [1.165, 1.54) is 10.9 Å². The second kappa shape index (κ2) is 11.3. The largest absolute Gasteiger partial charge is 0.466 e. The molecule has 194 valence electrons. The Kier molecular flexibility index (Phi) is 7.91. The van der Waals surface area contributed by atoms with Crippen LogP contribution in [0.4, 0.5) is 11.4 Å². The number of carbonyl (C=O) groups is 2. The SMILES string of the molecule is CCOC(=O)C1CCN(C(=O)c2cccc(Nc3c(Oc4ccc(C)cc4C)cnn(C)c3=O)c2)CC1. The zero-order chi connectivity index (χ0) is 26.5. The number of nitrogens with one attached hydrogen (secondary N) is 1. The molecule has 1 aliphatic rings. The molecular weight excluding hydrogens is 472 g/mol. The number of amides is 1. The summed E-state index contributed by atoms with van der Waals surface area (Å²) in [5, 5.41) is 7.24. The van der Waals surface area contributed by atoms with Gasteiger partial charge in [-0.15, -0.1) is 0 Å². The molecule has 0 unspecified atom stereocenters. The Morgan fingerprint density at radius 2 is 1.84 bits per heavy atom. The van der Waals surface area contributed by atoms with Gasteiger partial charge in [0.25, 0.3) is 11.5 Å². The Hall–Kier alpha value is -4.14. The molecule has 2 aromatic carbocycles. The first-order chi connectivity index (χ1) is 17.8. The van der Waals surface area contributed by atoms with Crippen LogP contribution in [0, 0.1) is 19.8 Å². The zero-order valence-corrected chi connectivity index (χ0v) is 21.6. The molecule has 37 heavy (non-hydrogen) atoms. The molecular formula is C28H32N4O5. The highest BCUT2D eigenvalue weighted by Crippen LogP contribution is 2.31. The lowest BCUT2D eigenvalue weighted by atomic mass is 9.96. The van der Waals surface area contributed by atoms with Crippen LogP contribution >= 0.6 is 0 Å². The fraction of sp³-hybridized carbons (Fsp3) is 0.357. The highest BCUT2D eigenvalue weighted by atomic mass is 16.5. The third kappa shape index (κ3) is 5.99. The number of hydrogen-bond donors (Lipinski definition) is 1. The van der Waals surface area contributed by atoms with E-state index in [1.807, 2.05) is 32.0 Å². The van der Waals surface area contributed by atoms with E-state index < -0.39 is 0 Å². The van der Waals surface area contributed by atoms with Crippen molar-refractivity contribution in [2.75, 3.05) is 25.0 Å². The minimum Gasteiger partial charge on any atom is -0.466 e. The Balaban J connectivity index is 1.52. The van der Waals surface area contributed by atoms with Crippen LogP contribution in [-0.4, -0.2) is 46.3 Å². The molecule has 3 aromatic rings. The van der Waals surface area contributed by atoms with Crippen LogP contribution < -0.4 is 15.6 Å². The Morgan fingerprint density at radius 1 is 1.08 bits per heavy atom. The molecule has 1 aromatic heterocycles. The van der Waals surface area contributed by atoms with Crippen molar-refractivity contribution < 1.29 is 19.1 Å². The van der Waals surface area contributed by atoms with Gasteiger partial charge in [-0.25, -0.2) is 4.68 Å². The lowest BCUT2D eigenvalue weighted by Crippen LogP contribution is -2.40. The molecule has 0 aliphatic carbocycles. The summed E-state index contributed by atoms with van der Waals surface area (Å²) in [6.45, 7) is 7.06. The van der Waals surface area contributed by atoms with Gasteiger partial charge in [-0.2, -0.15) is 5.10 Å². The molecule has 1 N–H and O–H groups in total. The summed E-state index contributed by atoms with van der Waals surface area (Å²) >= 11 is 0. The number of ether oxygens (including phenoxy) is 2. The number of hydrogen-bond acceptors (Lipinski definition) is 7. The van der Waals surface area contributed by atoms with Crippen molar-refractivity contribution >= 4 is 23.3 Å². The van der Waals surface area contributed by atoms with Crippen LogP contribution in [0.25, 0.3) is 0 Å². The number of piperidine rings is 1. The third-order valence-electron chi connectivity index (χ3n) is 6.43. The minimum atomic E-state index is -0.361. The van der Waals surface area contributed by atoms with Crippen LogP contribution in [0.5, 0.6) is 11.5 Å². The molecule has 0 bridgehead atoms. The van der Waals surface area contributed by atoms with E-state index in [9.17, 15) is 14.4 Å². The van der Waals surface area contributed by atoms with Crippen molar-refractivity contribution in [1.29, 1.82) is 0 Å². The summed E-state index contributed by atoms with van der Waals surface area (Å²) in [4.78, 5) is 39.9. The zero-order valence-electron chi connectivity index (χ0n) is 21.6. The van der Waals surface area contributed by atoms with Crippen LogP contribution in [0.1, 0.15) is 41.3 Å². The van der Waals surface area contributed by atoms with Gasteiger partial charge in [-0.05, 0) is 63.4 Å². The molecule has 9 nitrogen and oxygen atoms in total. The van der Waals surface area contributed by atoms with Gasteiger partial charge in [0, 0.05) is 31.4 Å². The summed E-state index contributed by atoms with van der Waals surface area (Å²) in [5.74, 6) is 0.418. The predicted molar refractivity (Wildman–Crippen MR) is 140 cm³/mol. The molecule has 9 heteroatoms. The van der Waals surface area contributed by atoms with E-state index in [4.69, 9.17) is 9.47 Å². The number of carbonyl (C=O) groups excluding carboxylic acids is 2. The summed E-state index contributed by atoms with van der Waals surface area (Å²) in [7, 11) is 1.56. The molecule has 0 spiro atoms. The van der Waals surface area contributed by atoms with Crippen molar-refractivity contribution in [3.8, 4) is 11.5 Å². The second-order valence-electron chi connectivity index (χ2n) is 9.21. The smallest absolute Gasteiger partial charge is 0.309 e. The van der Waals surface area contributed by atoms with Gasteiger partial charge in [0.2, 0.25) is 0 Å². The molecule has 1 aliphatic heterocycles. The lowest BCUT2D eigenvalue weighted by molar-refractivity contribution is -0.149. The van der Waals surface area contributed by atoms with E-state index in [0.29, 0.717) is 49.5 Å². The fourth-order valence-corrected chi connectivity index (χ4v) is 4.38. The minimum absolute atomic E-state index is 0.125. The van der Waals surface area contributed by atoms with E-state index in [-0.39, 0.29) is 34.8 Å². The highest BCUT2D eigenvalue weighted by Gasteiger charge is 2.28. The normalized spacial score (nSPS) is 13.8. The Bertz CT molecular complexity index is 1360. The van der Waals surface area contributed by atoms with Gasteiger partial charge in [0.15, 0.2) is 11.4 Å². The summed E-state index contributed by atoms with van der Waals surface area (Å²) < 4.78 is 12.4. The lowest BCUT2D eigenvalue weighted by Gasteiger charge is -2.31. The number of esters is 1. The molecule has 1 amide bonds. The summed E-state index contributed by atoms with van der Waals surface area (Å²) in [6, 6.07) is 12.8. The van der Waals surface area contributed by atoms with E-state index in [0.717, 1.165) is 11.1 Å². The number of benzene rings is 2. The number of anilines is 2. The number of nitrogens with zero attached hydrogens (tertiary/aromatic N) is 3. The van der Waals surface area contributed by atoms with Gasteiger partial charge < -0.3 is 19.7 Å². The van der Waals surface area contributed by atoms with Gasteiger partial charge >= 0.3 is 5.97 Å². The van der Waals surface area contributed by atoms with Crippen molar-refractivity contribution in [1.82, 2.24) is 14.7 Å². The first-order valence-corrected chi connectivity index (χ1v) is 12.4. The summed E-state index contributed by atoms with van der Waals surface area (Å²) in [5.41, 5.74) is 2.96. The maximum Gasteiger partial charge on any atom is 0.309 e. The van der Waals surface area contributed by atoms with Gasteiger partial charge in [0.1, 0.15) is 5.75 Å². The molecule has 1 saturated heterocycles. The Labute approximate surface area is 216 Å². The van der Waals surface area contributed by atoms with E-state index in [1.54, 1.807) is 43.1 Å². The predicted octanol–water partition coefficient (Wildman–Crippen LogP) is 4.35. The second-order valence-corrected chi connectivity index (χ2v) is 9.21. The van der Waals surface area contributed by atoms with Gasteiger partial charge in [-0.1, -0.05) is 23.8 Å². The van der Waals surface area contributed by atoms with Gasteiger partial charge in [-0.3, -0.25) is 14.4 Å². The number of aryl methyl sites for hydroxylation is 3. The third-order valence-corrected chi connectivity index (χ3v) is 6.43. The monoisotopic (exact) mass is 504 g/mol. The molecule has 2 heterocycles. The van der Waals surface area contributed by atoms with Crippen LogP contribution in [-0.2, 0) is 16.6 Å². The molecule has 0 atom stereocenters. The maximum atomic E-state index is 13.2. The van der Waals surface area contributed by atoms with Crippen LogP contribution in [0.3, 0.4) is 0 Å². The van der Waals surface area contributed by atoms with Crippen LogP contribution in [0.2, 0.25) is 0 Å². The average molecular weight is 505 g/mol. The average Bonchev–Trinajstić information content (AvgIpc) is 2.89. The standard InChI is InChI=1S/C28H32N4O5/c1-5-36-28(35)20-11-13-32(14-12-20)26(33)21-7-6-8-22(16-21)30-25-24(17-29-31(4)27(25)34)37-23-10-9-18(2)15-19(23)3/h6-10,15-17,20,30H,5,11-14H2,1-4H3. The first kappa shape index (κ1) is 25.9. The quantitative estimate of drug-likeness (QED) is 0.477. The molecule has 0 radical (unpaired) electrons. The van der Waals surface area contributed by atoms with Crippen molar-refractivity contribution in [2.24, 2.45) is 13.0 Å². The first-order valence-electron chi connectivity index (χ1n) is 12.4. The van der Waals surface area contributed by atoms with Crippen molar-refractivity contribution in [2.45, 2.75) is 33.6 Å². The molecule has 4 rings (SSSR count). The fourth-order valence-electron chi connectivity index (χ4n) is 4.38. The van der Waals surface area contributed by atoms with E-state index in [2.05, 4.69) is 10.4 Å². The number of rotatable bonds is 7. The van der Waals surface area contributed by atoms with E-state index >= 15 is 0 Å².